The van der Waals surface area contributed by atoms with E-state index in [1.165, 1.54) is 25.7 Å². The summed E-state index contributed by atoms with van der Waals surface area (Å²) in [5, 5.41) is 9.77. The molecule has 3 N–H and O–H groups in total. The van der Waals surface area contributed by atoms with E-state index in [0.29, 0.717) is 24.6 Å². The number of nitrogens with two attached hydrogens (primary N) is 1. The van der Waals surface area contributed by atoms with Gasteiger partial charge in [-0.2, -0.15) is 0 Å². The van der Waals surface area contributed by atoms with Crippen molar-refractivity contribution >= 4 is 0 Å². The molecule has 0 aromatic carbocycles. The topological polar surface area (TPSA) is 55.5 Å². The Balaban J connectivity index is 4.17. The first-order chi connectivity index (χ1) is 9.04. The highest BCUT2D eigenvalue weighted by Gasteiger charge is 2.09. The minimum atomic E-state index is -0.493. The zero-order valence-electron chi connectivity index (χ0n) is 12.8. The molecule has 3 heteroatoms. The predicted molar refractivity (Wildman–Crippen MR) is 81.8 cm³/mol. The molecule has 0 aliphatic rings. The molecular formula is C16H31NO2. The number of hydrogen-bond acceptors (Lipinski definition) is 3. The van der Waals surface area contributed by atoms with E-state index in [4.69, 9.17) is 10.5 Å². The molecule has 0 aromatic rings. The lowest BCUT2D eigenvalue weighted by atomic mass is 9.99. The lowest BCUT2D eigenvalue weighted by molar-refractivity contribution is 0.161. The van der Waals surface area contributed by atoms with Crippen LogP contribution in [0.4, 0.5) is 0 Å². The molecule has 0 saturated carbocycles. The maximum atomic E-state index is 9.77. The van der Waals surface area contributed by atoms with Gasteiger partial charge in [0.2, 0.25) is 0 Å². The number of rotatable bonds is 11. The van der Waals surface area contributed by atoms with Gasteiger partial charge in [-0.15, -0.1) is 0 Å². The lowest BCUT2D eigenvalue weighted by Gasteiger charge is -2.17. The minimum absolute atomic E-state index is 0.481. The number of hydrogen-bond donors (Lipinski definition) is 2. The van der Waals surface area contributed by atoms with Crippen LogP contribution < -0.4 is 5.73 Å². The summed E-state index contributed by atoms with van der Waals surface area (Å²) >= 11 is 0. The van der Waals surface area contributed by atoms with Crippen LogP contribution in [0, 0.1) is 5.92 Å². The van der Waals surface area contributed by atoms with Crippen LogP contribution in [0.15, 0.2) is 24.0 Å². The van der Waals surface area contributed by atoms with Gasteiger partial charge in [0, 0.05) is 0 Å². The third-order valence-electron chi connectivity index (χ3n) is 3.25. The first kappa shape index (κ1) is 18.2. The highest BCUT2D eigenvalue weighted by atomic mass is 16.5. The van der Waals surface area contributed by atoms with Gasteiger partial charge in [-0.25, -0.2) is 0 Å². The summed E-state index contributed by atoms with van der Waals surface area (Å²) in [6, 6.07) is 0. The molecule has 0 fully saturated rings. The highest BCUT2D eigenvalue weighted by Crippen LogP contribution is 2.16. The third-order valence-corrected chi connectivity index (χ3v) is 3.25. The SMILES string of the molecule is C=C(C=C(C)C(O)CCN)OCC(CCC)CCC. The molecule has 0 bridgehead atoms. The molecule has 0 saturated heterocycles. The molecule has 112 valence electrons. The zero-order chi connectivity index (χ0) is 14.7. The van der Waals surface area contributed by atoms with Crippen LogP contribution in [0.5, 0.6) is 0 Å². The monoisotopic (exact) mass is 269 g/mol. The fourth-order valence-corrected chi connectivity index (χ4v) is 2.13. The van der Waals surface area contributed by atoms with Gasteiger partial charge in [-0.3, -0.25) is 0 Å². The Kier molecular flexibility index (Phi) is 10.6. The fraction of sp³-hybridized carbons (Fsp3) is 0.750. The number of aliphatic hydroxyl groups is 1. The first-order valence-electron chi connectivity index (χ1n) is 7.43. The number of aliphatic hydroxyl groups excluding tert-OH is 1. The molecule has 0 radical (unpaired) electrons. The Labute approximate surface area is 118 Å². The molecule has 0 aromatic heterocycles. The number of allylic oxidation sites excluding steroid dienone is 1. The molecule has 19 heavy (non-hydrogen) atoms. The molecule has 0 aliphatic carbocycles. The molecule has 3 nitrogen and oxygen atoms in total. The van der Waals surface area contributed by atoms with Crippen molar-refractivity contribution in [1.82, 2.24) is 0 Å². The maximum Gasteiger partial charge on any atom is 0.112 e. The second-order valence-electron chi connectivity index (χ2n) is 5.20. The van der Waals surface area contributed by atoms with E-state index < -0.39 is 6.10 Å². The van der Waals surface area contributed by atoms with Crippen LogP contribution in [-0.2, 0) is 4.74 Å². The van der Waals surface area contributed by atoms with Gasteiger partial charge in [0.05, 0.1) is 12.7 Å². The normalized spacial score (nSPS) is 13.7. The van der Waals surface area contributed by atoms with E-state index in [1.807, 2.05) is 13.0 Å². The average Bonchev–Trinajstić information content (AvgIpc) is 2.36. The summed E-state index contributed by atoms with van der Waals surface area (Å²) in [5.74, 6) is 1.24. The van der Waals surface area contributed by atoms with Gasteiger partial charge < -0.3 is 15.6 Å². The van der Waals surface area contributed by atoms with Crippen LogP contribution in [-0.4, -0.2) is 24.4 Å². The summed E-state index contributed by atoms with van der Waals surface area (Å²) in [4.78, 5) is 0. The molecule has 0 aliphatic heterocycles. The second kappa shape index (κ2) is 11.1. The van der Waals surface area contributed by atoms with Crippen molar-refractivity contribution in [1.29, 1.82) is 0 Å². The van der Waals surface area contributed by atoms with Gasteiger partial charge in [0.1, 0.15) is 5.76 Å². The standard InChI is InChI=1S/C16H31NO2/c1-5-7-15(8-6-2)12-19-14(4)11-13(3)16(18)9-10-17/h11,15-16,18H,4-10,12,17H2,1-3H3. The molecule has 1 atom stereocenters. The van der Waals surface area contributed by atoms with E-state index in [1.54, 1.807) is 0 Å². The van der Waals surface area contributed by atoms with Crippen molar-refractivity contribution in [2.45, 2.75) is 59.0 Å². The second-order valence-corrected chi connectivity index (χ2v) is 5.20. The Morgan fingerprint density at radius 3 is 2.32 bits per heavy atom. The van der Waals surface area contributed by atoms with Crippen LogP contribution in [0.25, 0.3) is 0 Å². The zero-order valence-corrected chi connectivity index (χ0v) is 12.8. The Bertz CT molecular complexity index is 268. The Morgan fingerprint density at radius 2 is 1.84 bits per heavy atom. The molecule has 0 amide bonds. The third kappa shape index (κ3) is 8.84. The quantitative estimate of drug-likeness (QED) is 0.446. The fourth-order valence-electron chi connectivity index (χ4n) is 2.13. The van der Waals surface area contributed by atoms with Gasteiger partial charge in [-0.1, -0.05) is 33.3 Å². The van der Waals surface area contributed by atoms with Gasteiger partial charge in [0.25, 0.3) is 0 Å². The summed E-state index contributed by atoms with van der Waals surface area (Å²) < 4.78 is 5.69. The van der Waals surface area contributed by atoms with E-state index in [9.17, 15) is 5.11 Å². The van der Waals surface area contributed by atoms with Crippen molar-refractivity contribution in [2.24, 2.45) is 11.7 Å². The van der Waals surface area contributed by atoms with Crippen LogP contribution >= 0.6 is 0 Å². The average molecular weight is 269 g/mol. The van der Waals surface area contributed by atoms with E-state index >= 15 is 0 Å². The summed E-state index contributed by atoms with van der Waals surface area (Å²) in [7, 11) is 0. The molecule has 0 heterocycles. The van der Waals surface area contributed by atoms with E-state index in [-0.39, 0.29) is 0 Å². The smallest absolute Gasteiger partial charge is 0.112 e. The summed E-state index contributed by atoms with van der Waals surface area (Å²) in [5.41, 5.74) is 6.28. The van der Waals surface area contributed by atoms with Crippen molar-refractivity contribution in [3.05, 3.63) is 24.0 Å². The molecule has 1 unspecified atom stereocenters. The van der Waals surface area contributed by atoms with Gasteiger partial charge in [0.15, 0.2) is 0 Å². The minimum Gasteiger partial charge on any atom is -0.494 e. The molecule has 0 spiro atoms. The van der Waals surface area contributed by atoms with Crippen molar-refractivity contribution < 1.29 is 9.84 Å². The van der Waals surface area contributed by atoms with Crippen LogP contribution in [0.3, 0.4) is 0 Å². The Hall–Kier alpha value is -0.800. The highest BCUT2D eigenvalue weighted by molar-refractivity contribution is 5.17. The molecular weight excluding hydrogens is 238 g/mol. The van der Waals surface area contributed by atoms with Gasteiger partial charge in [-0.05, 0) is 50.3 Å². The van der Waals surface area contributed by atoms with Crippen LogP contribution in [0.1, 0.15) is 52.9 Å². The summed E-state index contributed by atoms with van der Waals surface area (Å²) in [6.07, 6.45) is 6.65. The summed E-state index contributed by atoms with van der Waals surface area (Å²) in [6.45, 7) is 11.4. The van der Waals surface area contributed by atoms with Crippen LogP contribution in [0.2, 0.25) is 0 Å². The van der Waals surface area contributed by atoms with Gasteiger partial charge >= 0.3 is 0 Å². The van der Waals surface area contributed by atoms with Crippen molar-refractivity contribution in [2.75, 3.05) is 13.2 Å². The molecule has 0 rings (SSSR count). The lowest BCUT2D eigenvalue weighted by Crippen LogP contribution is -2.15. The van der Waals surface area contributed by atoms with E-state index in [0.717, 1.165) is 12.2 Å². The largest absolute Gasteiger partial charge is 0.494 e. The van der Waals surface area contributed by atoms with E-state index in [2.05, 4.69) is 20.4 Å². The number of ether oxygens (including phenoxy) is 1. The Morgan fingerprint density at radius 1 is 1.26 bits per heavy atom. The first-order valence-corrected chi connectivity index (χ1v) is 7.43. The van der Waals surface area contributed by atoms with Crippen molar-refractivity contribution in [3.63, 3.8) is 0 Å². The maximum absolute atomic E-state index is 9.77. The predicted octanol–water partition coefficient (Wildman–Crippen LogP) is 3.39. The van der Waals surface area contributed by atoms with Crippen molar-refractivity contribution in [3.8, 4) is 0 Å².